The molecule has 0 amide bonds. The summed E-state index contributed by atoms with van der Waals surface area (Å²) in [7, 11) is 0. The number of ether oxygens (including phenoxy) is 1. The molecule has 1 N–H and O–H groups in total. The SMILES string of the molecule is O=C(O)C(F)(F)F.O=COCc1ccccc1. The minimum absolute atomic E-state index is 0.365. The summed E-state index contributed by atoms with van der Waals surface area (Å²) < 4.78 is 36.3. The average Bonchev–Trinajstić information content (AvgIpc) is 2.27. The minimum Gasteiger partial charge on any atom is -0.475 e. The topological polar surface area (TPSA) is 63.6 Å². The molecule has 0 aromatic heterocycles. The smallest absolute Gasteiger partial charge is 0.475 e. The third-order valence-electron chi connectivity index (χ3n) is 1.40. The van der Waals surface area contributed by atoms with E-state index in [0.717, 1.165) is 5.56 Å². The highest BCUT2D eigenvalue weighted by Gasteiger charge is 2.38. The van der Waals surface area contributed by atoms with Gasteiger partial charge in [-0.1, -0.05) is 30.3 Å². The number of alkyl halides is 3. The van der Waals surface area contributed by atoms with Gasteiger partial charge in [0, 0.05) is 0 Å². The number of halogens is 3. The fraction of sp³-hybridized carbons (Fsp3) is 0.200. The Hall–Kier alpha value is -2.05. The van der Waals surface area contributed by atoms with Crippen LogP contribution in [-0.2, 0) is 20.9 Å². The quantitative estimate of drug-likeness (QED) is 0.833. The number of aliphatic carboxylic acids is 1. The standard InChI is InChI=1S/C8H8O2.C2HF3O2/c9-7-10-6-8-4-2-1-3-5-8;3-2(4,5)1(6)7/h1-5,7H,6H2;(H,6,7). The molecule has 1 aromatic rings. The first-order chi connectivity index (χ1) is 7.88. The highest BCUT2D eigenvalue weighted by atomic mass is 19.4. The summed E-state index contributed by atoms with van der Waals surface area (Å²) in [6, 6.07) is 9.55. The van der Waals surface area contributed by atoms with E-state index in [1.165, 1.54) is 0 Å². The van der Waals surface area contributed by atoms with Crippen molar-refractivity contribution in [1.82, 2.24) is 0 Å². The molecule has 1 aromatic carbocycles. The fourth-order valence-corrected chi connectivity index (χ4v) is 0.704. The molecular weight excluding hydrogens is 241 g/mol. The fourth-order valence-electron chi connectivity index (χ4n) is 0.704. The summed E-state index contributed by atoms with van der Waals surface area (Å²) in [6.45, 7) is 0.817. The summed E-state index contributed by atoms with van der Waals surface area (Å²) in [5, 5.41) is 7.12. The van der Waals surface area contributed by atoms with Crippen LogP contribution in [0, 0.1) is 0 Å². The van der Waals surface area contributed by atoms with Crippen LogP contribution in [0.3, 0.4) is 0 Å². The third kappa shape index (κ3) is 7.83. The molecule has 7 heteroatoms. The molecule has 0 atom stereocenters. The second kappa shape index (κ2) is 7.26. The molecule has 0 spiro atoms. The van der Waals surface area contributed by atoms with Crippen molar-refractivity contribution in [1.29, 1.82) is 0 Å². The lowest BCUT2D eigenvalue weighted by atomic mass is 10.2. The van der Waals surface area contributed by atoms with E-state index in [2.05, 4.69) is 4.74 Å². The van der Waals surface area contributed by atoms with Crippen LogP contribution in [0.2, 0.25) is 0 Å². The molecule has 0 radical (unpaired) electrons. The molecule has 0 fully saturated rings. The number of benzene rings is 1. The Labute approximate surface area is 94.6 Å². The van der Waals surface area contributed by atoms with Gasteiger partial charge < -0.3 is 9.84 Å². The highest BCUT2D eigenvalue weighted by molar-refractivity contribution is 5.73. The van der Waals surface area contributed by atoms with Crippen molar-refractivity contribution in [3.8, 4) is 0 Å². The van der Waals surface area contributed by atoms with Crippen LogP contribution in [0.25, 0.3) is 0 Å². The van der Waals surface area contributed by atoms with E-state index in [-0.39, 0.29) is 0 Å². The lowest BCUT2D eigenvalue weighted by Crippen LogP contribution is -2.21. The van der Waals surface area contributed by atoms with Crippen molar-refractivity contribution in [3.63, 3.8) is 0 Å². The number of rotatable bonds is 3. The van der Waals surface area contributed by atoms with Gasteiger partial charge in [0.05, 0.1) is 0 Å². The molecule has 4 nitrogen and oxygen atoms in total. The van der Waals surface area contributed by atoms with E-state index in [1.54, 1.807) is 0 Å². The predicted octanol–water partition coefficient (Wildman–Crippen LogP) is 1.99. The molecule has 0 heterocycles. The van der Waals surface area contributed by atoms with Gasteiger partial charge in [0.2, 0.25) is 0 Å². The van der Waals surface area contributed by atoms with Crippen molar-refractivity contribution < 1.29 is 32.6 Å². The number of hydrogen-bond acceptors (Lipinski definition) is 3. The predicted molar refractivity (Wildman–Crippen MR) is 51.0 cm³/mol. The Balaban J connectivity index is 0.000000325. The molecule has 0 bridgehead atoms. The Morgan fingerprint density at radius 3 is 2.12 bits per heavy atom. The van der Waals surface area contributed by atoms with Crippen LogP contribution < -0.4 is 0 Å². The lowest BCUT2D eigenvalue weighted by Gasteiger charge is -1.95. The maximum Gasteiger partial charge on any atom is 0.490 e. The Morgan fingerprint density at radius 2 is 1.76 bits per heavy atom. The molecule has 17 heavy (non-hydrogen) atoms. The van der Waals surface area contributed by atoms with Crippen molar-refractivity contribution >= 4 is 12.4 Å². The summed E-state index contributed by atoms with van der Waals surface area (Å²) >= 11 is 0. The van der Waals surface area contributed by atoms with E-state index >= 15 is 0 Å². The molecule has 0 saturated carbocycles. The van der Waals surface area contributed by atoms with Crippen LogP contribution in [0.5, 0.6) is 0 Å². The summed E-state index contributed by atoms with van der Waals surface area (Å²) in [5.41, 5.74) is 1.01. The van der Waals surface area contributed by atoms with Gasteiger partial charge in [0.15, 0.2) is 0 Å². The molecule has 0 aliphatic carbocycles. The number of carboxylic acid groups (broad SMARTS) is 1. The highest BCUT2D eigenvalue weighted by Crippen LogP contribution is 2.13. The van der Waals surface area contributed by atoms with Gasteiger partial charge in [-0.05, 0) is 5.56 Å². The summed E-state index contributed by atoms with van der Waals surface area (Å²) in [4.78, 5) is 18.7. The number of carboxylic acids is 1. The van der Waals surface area contributed by atoms with E-state index in [9.17, 15) is 18.0 Å². The van der Waals surface area contributed by atoms with Gasteiger partial charge in [0.1, 0.15) is 6.61 Å². The first kappa shape index (κ1) is 14.9. The zero-order valence-electron chi connectivity index (χ0n) is 8.48. The van der Waals surface area contributed by atoms with Gasteiger partial charge in [-0.15, -0.1) is 0 Å². The van der Waals surface area contributed by atoms with E-state index in [4.69, 9.17) is 9.90 Å². The van der Waals surface area contributed by atoms with E-state index in [0.29, 0.717) is 13.1 Å². The van der Waals surface area contributed by atoms with Crippen molar-refractivity contribution in [2.45, 2.75) is 12.8 Å². The first-order valence-corrected chi connectivity index (χ1v) is 4.27. The van der Waals surface area contributed by atoms with Crippen LogP contribution in [-0.4, -0.2) is 23.7 Å². The van der Waals surface area contributed by atoms with Gasteiger partial charge in [-0.2, -0.15) is 13.2 Å². The number of carbonyl (C=O) groups is 2. The Kier molecular flexibility index (Phi) is 6.39. The van der Waals surface area contributed by atoms with Gasteiger partial charge in [-0.3, -0.25) is 4.79 Å². The summed E-state index contributed by atoms with van der Waals surface area (Å²) in [5.74, 6) is -2.76. The second-order valence-corrected chi connectivity index (χ2v) is 2.70. The average molecular weight is 250 g/mol. The van der Waals surface area contributed by atoms with Crippen molar-refractivity contribution in [2.75, 3.05) is 0 Å². The van der Waals surface area contributed by atoms with Crippen LogP contribution in [0.1, 0.15) is 5.56 Å². The molecule has 0 aliphatic rings. The zero-order valence-corrected chi connectivity index (χ0v) is 8.48. The summed E-state index contributed by atoms with van der Waals surface area (Å²) in [6.07, 6.45) is -5.08. The minimum atomic E-state index is -5.08. The van der Waals surface area contributed by atoms with E-state index < -0.39 is 12.1 Å². The van der Waals surface area contributed by atoms with Crippen LogP contribution >= 0.6 is 0 Å². The molecule has 0 unspecified atom stereocenters. The Bertz CT molecular complexity index is 348. The third-order valence-corrected chi connectivity index (χ3v) is 1.40. The van der Waals surface area contributed by atoms with Crippen molar-refractivity contribution in [3.05, 3.63) is 35.9 Å². The normalized spacial score (nSPS) is 9.82. The molecule has 1 rings (SSSR count). The number of carbonyl (C=O) groups excluding carboxylic acids is 1. The molecule has 0 saturated heterocycles. The Morgan fingerprint density at radius 1 is 1.29 bits per heavy atom. The monoisotopic (exact) mass is 250 g/mol. The largest absolute Gasteiger partial charge is 0.490 e. The second-order valence-electron chi connectivity index (χ2n) is 2.70. The molecule has 0 aliphatic heterocycles. The van der Waals surface area contributed by atoms with Gasteiger partial charge >= 0.3 is 12.1 Å². The van der Waals surface area contributed by atoms with Gasteiger partial charge in [-0.25, -0.2) is 4.79 Å². The zero-order chi connectivity index (χ0) is 13.3. The maximum absolute atomic E-state index is 10.6. The molecule has 94 valence electrons. The molecular formula is C10H9F3O4. The van der Waals surface area contributed by atoms with E-state index in [1.807, 2.05) is 30.3 Å². The first-order valence-electron chi connectivity index (χ1n) is 4.27. The van der Waals surface area contributed by atoms with Crippen molar-refractivity contribution in [2.24, 2.45) is 0 Å². The van der Waals surface area contributed by atoms with Gasteiger partial charge in [0.25, 0.3) is 6.47 Å². The maximum atomic E-state index is 10.6. The van der Waals surface area contributed by atoms with Crippen LogP contribution in [0.15, 0.2) is 30.3 Å². The van der Waals surface area contributed by atoms with Crippen LogP contribution in [0.4, 0.5) is 13.2 Å². The lowest BCUT2D eigenvalue weighted by molar-refractivity contribution is -0.192. The number of hydrogen-bond donors (Lipinski definition) is 1.